The molecule has 2 N–H and O–H groups in total. The summed E-state index contributed by atoms with van der Waals surface area (Å²) in [5, 5.41) is 0. The topological polar surface area (TPSA) is 79.0 Å². The van der Waals surface area contributed by atoms with Crippen molar-refractivity contribution in [3.05, 3.63) is 98.1 Å². The highest BCUT2D eigenvalue weighted by Crippen LogP contribution is 2.39. The molecule has 0 amide bonds. The summed E-state index contributed by atoms with van der Waals surface area (Å²) in [6.45, 7) is 2.49. The summed E-state index contributed by atoms with van der Waals surface area (Å²) in [5.74, 6) is 0. The van der Waals surface area contributed by atoms with Crippen LogP contribution in [0.3, 0.4) is 0 Å². The molecule has 35 heavy (non-hydrogen) atoms. The molecule has 0 spiro atoms. The molecule has 180 valence electrons. The second kappa shape index (κ2) is 11.6. The summed E-state index contributed by atoms with van der Waals surface area (Å²) in [6.07, 6.45) is 17.9. The van der Waals surface area contributed by atoms with Crippen LogP contribution in [-0.2, 0) is 26.7 Å². The number of aromatic nitrogens is 4. The van der Waals surface area contributed by atoms with Crippen molar-refractivity contribution in [3.63, 3.8) is 0 Å². The summed E-state index contributed by atoms with van der Waals surface area (Å²) in [7, 11) is -1.90. The highest BCUT2D eigenvalue weighted by Gasteiger charge is 2.18. The molecule has 4 rings (SSSR count). The Balaban J connectivity index is 1.25. The summed E-state index contributed by atoms with van der Waals surface area (Å²) in [6, 6.07) is 16.9. The zero-order valence-corrected chi connectivity index (χ0v) is 20.9. The van der Waals surface area contributed by atoms with Crippen LogP contribution in [0.2, 0.25) is 0 Å². The fourth-order valence-electron chi connectivity index (χ4n) is 3.99. The first-order valence-corrected chi connectivity index (χ1v) is 13.6. The van der Waals surface area contributed by atoms with E-state index in [0.29, 0.717) is 13.0 Å². The Morgan fingerprint density at radius 1 is 0.571 bits per heavy atom. The third kappa shape index (κ3) is 7.70. The van der Waals surface area contributed by atoms with Crippen LogP contribution in [0.5, 0.6) is 0 Å². The molecule has 0 saturated heterocycles. The molecule has 0 fully saturated rings. The number of hydrogen-bond donors (Lipinski definition) is 2. The second-order valence-corrected chi connectivity index (χ2v) is 10.6. The lowest BCUT2D eigenvalue weighted by molar-refractivity contribution is -0.726. The minimum atomic E-state index is -3.92. The van der Waals surface area contributed by atoms with E-state index in [1.807, 2.05) is 40.7 Å². The Morgan fingerprint density at radius 2 is 0.886 bits per heavy atom. The zero-order valence-electron chi connectivity index (χ0n) is 20.0. The molecule has 0 aliphatic rings. The van der Waals surface area contributed by atoms with Crippen molar-refractivity contribution >= 4 is 7.94 Å². The molecule has 0 bridgehead atoms. The first-order valence-electron chi connectivity index (χ1n) is 11.8. The monoisotopic (exact) mass is 492 g/mol. The zero-order chi connectivity index (χ0) is 24.7. The van der Waals surface area contributed by atoms with E-state index >= 15 is 0 Å². The molecule has 0 saturated carbocycles. The molecule has 0 aliphatic heterocycles. The Morgan fingerprint density at radius 3 is 1.23 bits per heavy atom. The second-order valence-electron chi connectivity index (χ2n) is 8.82. The Labute approximate surface area is 207 Å². The van der Waals surface area contributed by atoms with Gasteiger partial charge in [0.05, 0.1) is 6.42 Å². The largest absolute Gasteiger partial charge is 0.632 e. The predicted octanol–water partition coefficient (Wildman–Crippen LogP) is 1.30. The van der Waals surface area contributed by atoms with Crippen molar-refractivity contribution in [2.45, 2.75) is 32.5 Å². The minimum absolute atomic E-state index is 0.0863. The molecular weight excluding hydrogens is 459 g/mol. The van der Waals surface area contributed by atoms with Crippen molar-refractivity contribution < 1.29 is 32.9 Å². The number of rotatable bonds is 10. The summed E-state index contributed by atoms with van der Waals surface area (Å²) >= 11 is 0. The van der Waals surface area contributed by atoms with E-state index in [1.54, 1.807) is 0 Å². The lowest BCUT2D eigenvalue weighted by atomic mass is 10.1. The van der Waals surface area contributed by atoms with E-state index < -0.39 is 7.94 Å². The van der Waals surface area contributed by atoms with Gasteiger partial charge in [-0.25, -0.2) is 28.1 Å². The highest BCUT2D eigenvalue weighted by molar-refractivity contribution is 7.57. The van der Waals surface area contributed by atoms with E-state index in [0.717, 1.165) is 30.6 Å². The van der Waals surface area contributed by atoms with Crippen LogP contribution in [0, 0.1) is 0 Å². The molecular formula is C27H33N4O3P+4. The molecule has 4 aromatic heterocycles. The van der Waals surface area contributed by atoms with Crippen LogP contribution in [-0.4, -0.2) is 15.9 Å². The van der Waals surface area contributed by atoms with Gasteiger partial charge in [0.1, 0.15) is 13.2 Å². The van der Waals surface area contributed by atoms with Crippen molar-refractivity contribution in [2.75, 3.05) is 6.16 Å². The van der Waals surface area contributed by atoms with Crippen molar-refractivity contribution in [1.29, 1.82) is 0 Å². The van der Waals surface area contributed by atoms with Gasteiger partial charge in [0.15, 0.2) is 69.2 Å². The van der Waals surface area contributed by atoms with Crippen LogP contribution in [0.15, 0.2) is 98.1 Å². The van der Waals surface area contributed by atoms with Gasteiger partial charge in [-0.05, 0) is 22.3 Å². The van der Waals surface area contributed by atoms with Gasteiger partial charge >= 0.3 is 0 Å². The van der Waals surface area contributed by atoms with Gasteiger partial charge in [0.25, 0.3) is 0 Å². The Kier molecular flexibility index (Phi) is 8.26. The van der Waals surface area contributed by atoms with Crippen LogP contribution in [0.1, 0.15) is 12.8 Å². The maximum atomic E-state index is 11.0. The predicted molar refractivity (Wildman–Crippen MR) is 131 cm³/mol. The van der Waals surface area contributed by atoms with E-state index in [4.69, 9.17) is 9.79 Å². The SMILES string of the molecule is C[n+]1ccc(-c2cc[n+](CCC[n+]3ccc(-c4cc[n+](CCC[P+]([O-])(O)O)cc4)cc3)cc2)cc1. The number of hydrogen-bond acceptors (Lipinski definition) is 3. The molecule has 0 unspecified atom stereocenters. The lowest BCUT2D eigenvalue weighted by Crippen LogP contribution is -2.38. The molecule has 7 nitrogen and oxygen atoms in total. The van der Waals surface area contributed by atoms with Crippen molar-refractivity contribution in [2.24, 2.45) is 7.05 Å². The van der Waals surface area contributed by atoms with E-state index in [1.165, 1.54) is 11.1 Å². The highest BCUT2D eigenvalue weighted by atomic mass is 31.2. The Bertz CT molecular complexity index is 1210. The number of nitrogens with zero attached hydrogens (tertiary/aromatic N) is 4. The normalized spacial score (nSPS) is 11.5. The van der Waals surface area contributed by atoms with E-state index in [-0.39, 0.29) is 6.16 Å². The summed E-state index contributed by atoms with van der Waals surface area (Å²) in [5.41, 5.74) is 4.70. The van der Waals surface area contributed by atoms with Gasteiger partial charge in [-0.1, -0.05) is 0 Å². The molecule has 8 heteroatoms. The number of pyridine rings is 4. The van der Waals surface area contributed by atoms with Crippen LogP contribution in [0.4, 0.5) is 0 Å². The maximum absolute atomic E-state index is 11.0. The average Bonchev–Trinajstić information content (AvgIpc) is 2.85. The summed E-state index contributed by atoms with van der Waals surface area (Å²) < 4.78 is 8.41. The van der Waals surface area contributed by atoms with Gasteiger partial charge in [0, 0.05) is 55.0 Å². The summed E-state index contributed by atoms with van der Waals surface area (Å²) in [4.78, 5) is 28.9. The van der Waals surface area contributed by atoms with Crippen LogP contribution >= 0.6 is 7.94 Å². The lowest BCUT2D eigenvalue weighted by Gasteiger charge is -2.13. The molecule has 0 atom stereocenters. The van der Waals surface area contributed by atoms with Gasteiger partial charge in [-0.15, -0.1) is 0 Å². The maximum Gasteiger partial charge on any atom is 0.230 e. The molecule has 4 heterocycles. The van der Waals surface area contributed by atoms with Gasteiger partial charge < -0.3 is 4.89 Å². The average molecular weight is 493 g/mol. The smallest absolute Gasteiger partial charge is 0.230 e. The van der Waals surface area contributed by atoms with Crippen molar-refractivity contribution in [1.82, 2.24) is 0 Å². The van der Waals surface area contributed by atoms with Gasteiger partial charge in [-0.3, -0.25) is 0 Å². The van der Waals surface area contributed by atoms with Crippen molar-refractivity contribution in [3.8, 4) is 22.3 Å². The fourth-order valence-corrected chi connectivity index (χ4v) is 4.54. The molecule has 0 aliphatic carbocycles. The third-order valence-electron chi connectivity index (χ3n) is 6.02. The Hall–Kier alpha value is -3.09. The first kappa shape index (κ1) is 25.0. The molecule has 0 aromatic carbocycles. The molecule has 4 aromatic rings. The van der Waals surface area contributed by atoms with E-state index in [9.17, 15) is 4.89 Å². The standard InChI is InChI=1S/C27H31N4O3P/c1-28-15-4-24(5-16-28)25-6-17-29(18-7-25)12-2-13-30-19-8-26(9-20-30)27-10-21-31(22-11-27)14-3-23-35(32,33)34/h4-11,15-22H,2-3,12-14,23H2,1H3/q+2/p+2. The van der Waals surface area contributed by atoms with Crippen LogP contribution < -0.4 is 23.2 Å². The first-order chi connectivity index (χ1) is 16.9. The van der Waals surface area contributed by atoms with Crippen LogP contribution in [0.25, 0.3) is 22.3 Å². The third-order valence-corrected chi connectivity index (χ3v) is 6.92. The van der Waals surface area contributed by atoms with Gasteiger partial charge in [-0.2, -0.15) is 0 Å². The van der Waals surface area contributed by atoms with E-state index in [2.05, 4.69) is 82.7 Å². The minimum Gasteiger partial charge on any atom is -0.632 e. The fraction of sp³-hybridized carbons (Fsp3) is 0.259. The van der Waals surface area contributed by atoms with Gasteiger partial charge in [0.2, 0.25) is 7.94 Å². The number of aryl methyl sites for hydroxylation is 4. The molecule has 0 radical (unpaired) electrons. The quantitative estimate of drug-likeness (QED) is 0.259.